The maximum atomic E-state index is 15.9. The summed E-state index contributed by atoms with van der Waals surface area (Å²) in [5.41, 5.74) is -0.727. The van der Waals surface area contributed by atoms with Crippen LogP contribution in [0, 0.1) is 18.7 Å². The lowest BCUT2D eigenvalue weighted by molar-refractivity contribution is -0.136. The second kappa shape index (κ2) is 15.8. The van der Waals surface area contributed by atoms with Gasteiger partial charge in [0.25, 0.3) is 17.4 Å². The quantitative estimate of drug-likeness (QED) is 0.182. The summed E-state index contributed by atoms with van der Waals surface area (Å²) in [6, 6.07) is 3.32. The number of benzene rings is 1. The van der Waals surface area contributed by atoms with Crippen LogP contribution in [0.15, 0.2) is 41.5 Å². The molecule has 4 fully saturated rings. The number of anilines is 4. The largest absolute Gasteiger partial charge is 0.370 e. The zero-order valence-corrected chi connectivity index (χ0v) is 32.9. The van der Waals surface area contributed by atoms with E-state index >= 15 is 4.39 Å². The van der Waals surface area contributed by atoms with Crippen LogP contribution in [-0.2, 0) is 9.59 Å². The smallest absolute Gasteiger partial charge is 0.265 e. The Labute approximate surface area is 356 Å². The minimum Gasteiger partial charge on any atom is -0.370 e. The molecule has 17 heteroatoms. The van der Waals surface area contributed by atoms with Crippen molar-refractivity contribution in [3.63, 3.8) is 0 Å². The Morgan fingerprint density at radius 3 is 2.35 bits per heavy atom. The van der Waals surface area contributed by atoms with Crippen LogP contribution >= 0.6 is 0 Å². The molecule has 2 N–H and O–H groups in total. The second-order valence-electron chi connectivity index (χ2n) is 15.7. The first kappa shape index (κ1) is 30.9. The number of pyridine rings is 2. The van der Waals surface area contributed by atoms with Gasteiger partial charge < -0.3 is 15.1 Å². The molecule has 4 aliphatic heterocycles. The summed E-state index contributed by atoms with van der Waals surface area (Å²) in [5.74, 6) is -5.49. The van der Waals surface area contributed by atoms with Gasteiger partial charge in [0.2, 0.25) is 17.8 Å². The number of carbonyl (C=O) groups excluding carboxylic acids is 5. The first-order valence-electron chi connectivity index (χ1n) is 24.0. The van der Waals surface area contributed by atoms with E-state index in [4.69, 9.17) is 16.0 Å². The van der Waals surface area contributed by atoms with E-state index in [2.05, 4.69) is 15.3 Å². The minimum atomic E-state index is -3.41. The number of piperazine rings is 1. The van der Waals surface area contributed by atoms with Crippen molar-refractivity contribution in [1.29, 1.82) is 0 Å². The number of aromatic nitrogens is 4. The number of nitrogens with one attached hydrogen (secondary N) is 2. The summed E-state index contributed by atoms with van der Waals surface area (Å²) >= 11 is 0. The maximum absolute atomic E-state index is 15.9. The summed E-state index contributed by atoms with van der Waals surface area (Å²) in [7, 11) is 0. The molecule has 1 saturated carbocycles. The Hall–Kier alpha value is -6.10. The average Bonchev–Trinajstić information content (AvgIpc) is 3.88. The van der Waals surface area contributed by atoms with Gasteiger partial charge in [-0.1, -0.05) is 12.8 Å². The molecule has 1 atom stereocenters. The van der Waals surface area contributed by atoms with E-state index in [1.165, 1.54) is 6.92 Å². The van der Waals surface area contributed by atoms with E-state index in [1.807, 2.05) is 16.3 Å². The van der Waals surface area contributed by atoms with Crippen molar-refractivity contribution < 1.29 is 39.3 Å². The second-order valence-corrected chi connectivity index (χ2v) is 15.7. The molecule has 9 rings (SSSR count). The molecule has 1 aromatic carbocycles. The fraction of sp³-hybridized carbons (Fsp3) is 0.465. The van der Waals surface area contributed by atoms with Gasteiger partial charge in [-0.2, -0.15) is 4.98 Å². The highest BCUT2D eigenvalue weighted by Gasteiger charge is 2.46. The SMILES string of the molecule is [2H]C1([2H])N(CC2CCN(c3ccc(Nc4ncc5c(C)c(C(C)=O)c(=O)n(C6CCCC6)c5n4)nc3)CC2)C([2H])([2H])C([2H])([2H])N(c2cc(F)c3c(c2)C(=O)N(C2CCC(=O)NC2=O)C3=O)C1([2H])[2H]. The van der Waals surface area contributed by atoms with Crippen LogP contribution in [-0.4, -0.2) is 110 Å². The highest BCUT2D eigenvalue weighted by atomic mass is 19.1. The summed E-state index contributed by atoms with van der Waals surface area (Å²) in [6.07, 6.45) is 7.08. The lowest BCUT2D eigenvalue weighted by atomic mass is 9.95. The van der Waals surface area contributed by atoms with E-state index in [-0.39, 0.29) is 46.6 Å². The maximum Gasteiger partial charge on any atom is 0.265 e. The van der Waals surface area contributed by atoms with Gasteiger partial charge in [-0.25, -0.2) is 14.4 Å². The summed E-state index contributed by atoms with van der Waals surface area (Å²) in [6.45, 7) is -9.83. The number of nitrogens with zero attached hydrogens (tertiary/aromatic N) is 8. The Balaban J connectivity index is 0.890. The van der Waals surface area contributed by atoms with Crippen molar-refractivity contribution in [2.75, 3.05) is 60.7 Å². The number of hydrogen-bond donors (Lipinski definition) is 2. The number of imide groups is 2. The van der Waals surface area contributed by atoms with E-state index in [9.17, 15) is 28.8 Å². The number of ketones is 1. The number of fused-ring (bicyclic) bond motifs is 2. The molecule has 312 valence electrons. The summed E-state index contributed by atoms with van der Waals surface area (Å²) < 4.78 is 89.6. The van der Waals surface area contributed by atoms with Gasteiger partial charge >= 0.3 is 0 Å². The Kier molecular flexibility index (Phi) is 8.14. The number of rotatable bonds is 9. The topological polar surface area (TPSA) is 183 Å². The molecule has 7 heterocycles. The van der Waals surface area contributed by atoms with Crippen LogP contribution in [0.1, 0.15) is 112 Å². The number of amides is 4. The normalized spacial score (nSPS) is 26.0. The predicted molar refractivity (Wildman–Crippen MR) is 220 cm³/mol. The highest BCUT2D eigenvalue weighted by molar-refractivity contribution is 6.24. The molecular formula is C43H47FN10O6. The monoisotopic (exact) mass is 826 g/mol. The molecule has 4 aromatic rings. The van der Waals surface area contributed by atoms with Gasteiger partial charge in [0.15, 0.2) is 5.78 Å². The fourth-order valence-electron chi connectivity index (χ4n) is 8.86. The van der Waals surface area contributed by atoms with Gasteiger partial charge in [-0.3, -0.25) is 48.5 Å². The van der Waals surface area contributed by atoms with Gasteiger partial charge in [-0.15, -0.1) is 0 Å². The Bertz CT molecular complexity index is 2840. The zero-order chi connectivity index (χ0) is 49.0. The van der Waals surface area contributed by atoms with Crippen LogP contribution in [0.2, 0.25) is 0 Å². The van der Waals surface area contributed by atoms with Crippen molar-refractivity contribution in [3.05, 3.63) is 75.1 Å². The third-order valence-electron chi connectivity index (χ3n) is 12.0. The predicted octanol–water partition coefficient (Wildman–Crippen LogP) is 4.14. The van der Waals surface area contributed by atoms with Crippen molar-refractivity contribution in [3.8, 4) is 0 Å². The van der Waals surface area contributed by atoms with E-state index < -0.39 is 90.8 Å². The van der Waals surface area contributed by atoms with E-state index in [0.717, 1.165) is 37.4 Å². The molecule has 1 unspecified atom stereocenters. The molecule has 60 heavy (non-hydrogen) atoms. The number of piperidine rings is 2. The third kappa shape index (κ3) is 7.17. The summed E-state index contributed by atoms with van der Waals surface area (Å²) in [5, 5.41) is 5.73. The van der Waals surface area contributed by atoms with Gasteiger partial charge in [0, 0.05) is 80.8 Å². The van der Waals surface area contributed by atoms with Gasteiger partial charge in [0.1, 0.15) is 23.3 Å². The fourth-order valence-corrected chi connectivity index (χ4v) is 8.86. The minimum absolute atomic E-state index is 0.0877. The number of Topliss-reactive ketones (excluding diaryl/α,β-unsaturated/α-hetero) is 1. The molecule has 5 aliphatic rings. The first-order valence-corrected chi connectivity index (χ1v) is 20.0. The van der Waals surface area contributed by atoms with Gasteiger partial charge in [-0.05, 0) is 81.7 Å². The Morgan fingerprint density at radius 2 is 1.67 bits per heavy atom. The molecule has 3 aromatic heterocycles. The standard InChI is InChI=1S/C43H47FN10O6/c1-24-31-22-46-43(49-38(31)53(27-5-3-4-6-27)41(59)36(24)25(2)55)47-34-9-7-28(21-45-34)51-13-11-26(12-14-51)23-50-15-17-52(18-16-50)29-19-30-37(32(44)20-29)42(60)54(40(30)58)33-8-10-35(56)48-39(33)57/h7,9,19-22,26-27,33H,3-6,8,10-18,23H2,1-2H3,(H,48,56,57)(H,45,46,47,49)/i15D2,16D2,17D2,18D2. The van der Waals surface area contributed by atoms with E-state index in [1.54, 1.807) is 30.0 Å². The van der Waals surface area contributed by atoms with E-state index in [0.29, 0.717) is 64.2 Å². The summed E-state index contributed by atoms with van der Waals surface area (Å²) in [4.78, 5) is 94.2. The average molecular weight is 827 g/mol. The van der Waals surface area contributed by atoms with Crippen molar-refractivity contribution in [2.45, 2.75) is 77.3 Å². The molecular weight excluding hydrogens is 772 g/mol. The molecule has 4 amide bonds. The van der Waals surface area contributed by atoms with Gasteiger partial charge in [0.05, 0.1) is 34.1 Å². The lowest BCUT2D eigenvalue weighted by Crippen LogP contribution is -2.54. The number of hydrogen-bond acceptors (Lipinski definition) is 13. The number of carbonyl (C=O) groups is 5. The number of aryl methyl sites for hydroxylation is 1. The zero-order valence-electron chi connectivity index (χ0n) is 40.9. The van der Waals surface area contributed by atoms with Crippen molar-refractivity contribution in [1.82, 2.24) is 34.6 Å². The van der Waals surface area contributed by atoms with Crippen molar-refractivity contribution in [2.24, 2.45) is 5.92 Å². The molecule has 0 bridgehead atoms. The lowest BCUT2D eigenvalue weighted by Gasteiger charge is -2.40. The molecule has 16 nitrogen and oxygen atoms in total. The Morgan fingerprint density at radius 1 is 0.917 bits per heavy atom. The molecule has 3 saturated heterocycles. The van der Waals surface area contributed by atoms with Crippen LogP contribution in [0.3, 0.4) is 0 Å². The highest BCUT2D eigenvalue weighted by Crippen LogP contribution is 2.35. The van der Waals surface area contributed by atoms with Crippen LogP contribution in [0.25, 0.3) is 11.0 Å². The molecule has 1 aliphatic carbocycles. The van der Waals surface area contributed by atoms with Crippen molar-refractivity contribution >= 4 is 63.6 Å². The third-order valence-corrected chi connectivity index (χ3v) is 12.0. The van der Waals surface area contributed by atoms with Crippen LogP contribution in [0.5, 0.6) is 0 Å². The molecule has 0 radical (unpaired) electrons. The van der Waals surface area contributed by atoms with Crippen LogP contribution in [0.4, 0.5) is 27.5 Å². The van der Waals surface area contributed by atoms with Crippen LogP contribution < -0.4 is 26.0 Å². The number of halogens is 1. The first-order chi connectivity index (χ1) is 32.0. The molecule has 0 spiro atoms.